The number of hydrogen-bond acceptors (Lipinski definition) is 4. The number of aliphatic imine (C=N–C) groups is 2. The van der Waals surface area contributed by atoms with Gasteiger partial charge in [-0.25, -0.2) is 9.98 Å². The van der Waals surface area contributed by atoms with Crippen LogP contribution in [0, 0.1) is 0 Å². The average Bonchev–Trinajstić information content (AvgIpc) is 1.82. The van der Waals surface area contributed by atoms with Crippen LogP contribution >= 0.6 is 0 Å². The van der Waals surface area contributed by atoms with E-state index >= 15 is 0 Å². The summed E-state index contributed by atoms with van der Waals surface area (Å²) in [6.45, 7) is 8.65. The molecule has 0 bridgehead atoms. The van der Waals surface area contributed by atoms with E-state index in [0.717, 1.165) is 5.96 Å². The summed E-state index contributed by atoms with van der Waals surface area (Å²) in [6.07, 6.45) is 1.74. The first-order valence-electron chi connectivity index (χ1n) is 4.11. The van der Waals surface area contributed by atoms with E-state index in [4.69, 9.17) is 0 Å². The van der Waals surface area contributed by atoms with Crippen molar-refractivity contribution in [2.75, 3.05) is 0 Å². The van der Waals surface area contributed by atoms with E-state index in [1.807, 2.05) is 6.92 Å². The Balaban J connectivity index is 2.54. The molecule has 0 amide bonds. The maximum Gasteiger partial charge on any atom is 0.190 e. The third-order valence-corrected chi connectivity index (χ3v) is 2.29. The molecule has 12 heavy (non-hydrogen) atoms. The first-order chi connectivity index (χ1) is 5.47. The van der Waals surface area contributed by atoms with Crippen LogP contribution in [0.5, 0.6) is 0 Å². The van der Waals surface area contributed by atoms with E-state index in [1.54, 1.807) is 6.34 Å². The van der Waals surface area contributed by atoms with Gasteiger partial charge in [-0.2, -0.15) is 0 Å². The molecule has 1 unspecified atom stereocenters. The summed E-state index contributed by atoms with van der Waals surface area (Å²) in [7, 11) is -1.28. The standard InChI is InChI=1S/C7H16N4Si/c1-6-8-5-9-7(10-6)11-12(2,3)4/h5-6H,1-4H3,(H2,8,9,10,11). The Labute approximate surface area is 74.3 Å². The Morgan fingerprint density at radius 2 is 2.17 bits per heavy atom. The van der Waals surface area contributed by atoms with Gasteiger partial charge in [0.15, 0.2) is 5.96 Å². The van der Waals surface area contributed by atoms with E-state index in [9.17, 15) is 0 Å². The fourth-order valence-corrected chi connectivity index (χ4v) is 1.73. The number of hydrogen-bond donors (Lipinski definition) is 2. The summed E-state index contributed by atoms with van der Waals surface area (Å²) in [5, 5.41) is 2.99. The lowest BCUT2D eigenvalue weighted by Gasteiger charge is -2.23. The molecular weight excluding hydrogens is 168 g/mol. The summed E-state index contributed by atoms with van der Waals surface area (Å²) < 4.78 is 0. The highest BCUT2D eigenvalue weighted by molar-refractivity contribution is 6.75. The van der Waals surface area contributed by atoms with E-state index in [1.165, 1.54) is 0 Å². The Bertz CT molecular complexity index is 216. The lowest BCUT2D eigenvalue weighted by Crippen LogP contribution is -2.52. The molecule has 0 spiro atoms. The molecule has 1 aliphatic heterocycles. The number of guanidine groups is 1. The van der Waals surface area contributed by atoms with Gasteiger partial charge in [0.25, 0.3) is 0 Å². The minimum atomic E-state index is -1.28. The Hall–Kier alpha value is -0.843. The molecule has 0 aromatic carbocycles. The van der Waals surface area contributed by atoms with Gasteiger partial charge in [-0.3, -0.25) is 0 Å². The molecular formula is C7H16N4Si. The third-order valence-electron chi connectivity index (χ3n) is 1.30. The predicted molar refractivity (Wildman–Crippen MR) is 55.0 cm³/mol. The van der Waals surface area contributed by atoms with Gasteiger partial charge in [-0.05, 0) is 6.92 Å². The van der Waals surface area contributed by atoms with Gasteiger partial charge in [-0.1, -0.05) is 19.6 Å². The van der Waals surface area contributed by atoms with E-state index < -0.39 is 8.24 Å². The van der Waals surface area contributed by atoms with Gasteiger partial charge in [0.1, 0.15) is 14.4 Å². The highest BCUT2D eigenvalue weighted by atomic mass is 28.3. The molecule has 0 fully saturated rings. The minimum Gasteiger partial charge on any atom is -0.382 e. The lowest BCUT2D eigenvalue weighted by molar-refractivity contribution is 0.770. The van der Waals surface area contributed by atoms with E-state index in [-0.39, 0.29) is 6.17 Å². The summed E-state index contributed by atoms with van der Waals surface area (Å²) in [4.78, 5) is 11.7. The van der Waals surface area contributed by atoms with Crippen LogP contribution in [0.2, 0.25) is 19.6 Å². The molecule has 0 aromatic rings. The first kappa shape index (κ1) is 9.25. The molecule has 0 radical (unpaired) electrons. The normalized spacial score (nSPS) is 23.0. The van der Waals surface area contributed by atoms with Gasteiger partial charge in [0.05, 0.1) is 6.34 Å². The molecule has 0 aromatic heterocycles. The summed E-state index contributed by atoms with van der Waals surface area (Å²) in [5.74, 6) is 0.858. The number of nitrogens with one attached hydrogen (secondary N) is 2. The highest BCUT2D eigenvalue weighted by Crippen LogP contribution is 1.97. The van der Waals surface area contributed by atoms with Crippen molar-refractivity contribution < 1.29 is 0 Å². The topological polar surface area (TPSA) is 48.8 Å². The van der Waals surface area contributed by atoms with Crippen LogP contribution in [0.4, 0.5) is 0 Å². The second kappa shape index (κ2) is 3.26. The van der Waals surface area contributed by atoms with Crippen LogP contribution in [0.1, 0.15) is 6.92 Å². The fourth-order valence-electron chi connectivity index (χ4n) is 0.887. The SMILES string of the molecule is CC1N=CNC(N[Si](C)(C)C)=N1. The zero-order valence-corrected chi connectivity index (χ0v) is 9.05. The second-order valence-corrected chi connectivity index (χ2v) is 8.66. The van der Waals surface area contributed by atoms with Gasteiger partial charge in [0, 0.05) is 0 Å². The molecule has 1 aliphatic rings. The monoisotopic (exact) mass is 184 g/mol. The molecule has 2 N–H and O–H groups in total. The van der Waals surface area contributed by atoms with Crippen molar-refractivity contribution in [1.82, 2.24) is 10.3 Å². The zero-order valence-electron chi connectivity index (χ0n) is 8.05. The van der Waals surface area contributed by atoms with Crippen LogP contribution in [0.15, 0.2) is 9.98 Å². The third kappa shape index (κ3) is 3.04. The molecule has 1 heterocycles. The maximum absolute atomic E-state index is 4.30. The summed E-state index contributed by atoms with van der Waals surface area (Å²) in [6, 6.07) is 0. The Morgan fingerprint density at radius 1 is 1.50 bits per heavy atom. The highest BCUT2D eigenvalue weighted by Gasteiger charge is 2.16. The predicted octanol–water partition coefficient (Wildman–Crippen LogP) is 0.744. The quantitative estimate of drug-likeness (QED) is 0.591. The van der Waals surface area contributed by atoms with Crippen molar-refractivity contribution in [3.05, 3.63) is 0 Å². The molecule has 1 atom stereocenters. The fraction of sp³-hybridized carbons (Fsp3) is 0.714. The van der Waals surface area contributed by atoms with Crippen molar-refractivity contribution in [3.63, 3.8) is 0 Å². The molecule has 5 heteroatoms. The molecule has 0 aliphatic carbocycles. The van der Waals surface area contributed by atoms with E-state index in [0.29, 0.717) is 0 Å². The zero-order chi connectivity index (χ0) is 9.19. The summed E-state index contributed by atoms with van der Waals surface area (Å²) >= 11 is 0. The van der Waals surface area contributed by atoms with Crippen molar-refractivity contribution in [2.24, 2.45) is 9.98 Å². The van der Waals surface area contributed by atoms with Crippen molar-refractivity contribution in [3.8, 4) is 0 Å². The van der Waals surface area contributed by atoms with Crippen LogP contribution in [-0.4, -0.2) is 26.7 Å². The molecule has 4 nitrogen and oxygen atoms in total. The Kier molecular flexibility index (Phi) is 2.51. The molecule has 1 rings (SSSR count). The molecule has 0 saturated heterocycles. The average molecular weight is 184 g/mol. The van der Waals surface area contributed by atoms with E-state index in [2.05, 4.69) is 39.9 Å². The molecule has 0 saturated carbocycles. The largest absolute Gasteiger partial charge is 0.382 e. The van der Waals surface area contributed by atoms with Crippen LogP contribution in [0.25, 0.3) is 0 Å². The van der Waals surface area contributed by atoms with Gasteiger partial charge < -0.3 is 10.3 Å². The Morgan fingerprint density at radius 3 is 2.67 bits per heavy atom. The smallest absolute Gasteiger partial charge is 0.190 e. The number of rotatable bonds is 1. The second-order valence-electron chi connectivity index (χ2n) is 3.91. The van der Waals surface area contributed by atoms with Crippen molar-refractivity contribution in [1.29, 1.82) is 0 Å². The van der Waals surface area contributed by atoms with Gasteiger partial charge in [0.2, 0.25) is 0 Å². The van der Waals surface area contributed by atoms with Crippen molar-refractivity contribution in [2.45, 2.75) is 32.7 Å². The minimum absolute atomic E-state index is 0.0464. The van der Waals surface area contributed by atoms with Crippen LogP contribution < -0.4 is 10.3 Å². The van der Waals surface area contributed by atoms with Gasteiger partial charge >= 0.3 is 0 Å². The van der Waals surface area contributed by atoms with Gasteiger partial charge in [-0.15, -0.1) is 0 Å². The van der Waals surface area contributed by atoms with Crippen molar-refractivity contribution >= 4 is 20.5 Å². The number of nitrogens with zero attached hydrogens (tertiary/aromatic N) is 2. The van der Waals surface area contributed by atoms with Crippen LogP contribution in [0.3, 0.4) is 0 Å². The molecule has 68 valence electrons. The first-order valence-corrected chi connectivity index (χ1v) is 7.61. The summed E-state index contributed by atoms with van der Waals surface area (Å²) in [5.41, 5.74) is 0. The maximum atomic E-state index is 4.30. The van der Waals surface area contributed by atoms with Crippen LogP contribution in [-0.2, 0) is 0 Å². The lowest BCUT2D eigenvalue weighted by atomic mass is 10.6.